The number of nitrogens with zero attached hydrogens (tertiary/aromatic N) is 2. The summed E-state index contributed by atoms with van der Waals surface area (Å²) in [6.45, 7) is 6.17. The maximum Gasteiger partial charge on any atom is 0.243 e. The number of hydrogen-bond acceptors (Lipinski definition) is 3. The predicted octanol–water partition coefficient (Wildman–Crippen LogP) is 3.11. The third kappa shape index (κ3) is 3.93. The van der Waals surface area contributed by atoms with Crippen LogP contribution in [-0.4, -0.2) is 49.2 Å². The Labute approximate surface area is 158 Å². The number of halogens is 1. The molecule has 3 atom stereocenters. The van der Waals surface area contributed by atoms with Crippen LogP contribution in [-0.2, 0) is 14.8 Å². The lowest BCUT2D eigenvalue weighted by Crippen LogP contribution is -2.51. The molecule has 5 nitrogen and oxygen atoms in total. The summed E-state index contributed by atoms with van der Waals surface area (Å²) in [6.07, 6.45) is 2.45. The molecule has 25 heavy (non-hydrogen) atoms. The molecule has 0 radical (unpaired) electrons. The third-order valence-electron chi connectivity index (χ3n) is 5.09. The van der Waals surface area contributed by atoms with Crippen molar-refractivity contribution in [2.24, 2.45) is 11.8 Å². The molecule has 138 valence electrons. The smallest absolute Gasteiger partial charge is 0.243 e. The Morgan fingerprint density at radius 2 is 1.72 bits per heavy atom. The Bertz CT molecular complexity index is 725. The van der Waals surface area contributed by atoms with Crippen molar-refractivity contribution in [3.05, 3.63) is 28.7 Å². The predicted molar refractivity (Wildman–Crippen MR) is 101 cm³/mol. The molecule has 0 aliphatic carbocycles. The minimum Gasteiger partial charge on any atom is -0.341 e. The van der Waals surface area contributed by atoms with E-state index in [-0.39, 0.29) is 10.8 Å². The zero-order valence-corrected chi connectivity index (χ0v) is 17.1. The summed E-state index contributed by atoms with van der Waals surface area (Å²) < 4.78 is 28.3. The molecule has 1 aromatic carbocycles. The van der Waals surface area contributed by atoms with Crippen molar-refractivity contribution in [3.8, 4) is 0 Å². The van der Waals surface area contributed by atoms with Crippen LogP contribution >= 0.6 is 15.9 Å². The minimum atomic E-state index is -3.65. The fraction of sp³-hybridized carbons (Fsp3) is 0.611. The van der Waals surface area contributed by atoms with Gasteiger partial charge in [-0.1, -0.05) is 29.8 Å². The quantitative estimate of drug-likeness (QED) is 0.742. The van der Waals surface area contributed by atoms with Crippen molar-refractivity contribution in [1.82, 2.24) is 9.21 Å². The summed E-state index contributed by atoms with van der Waals surface area (Å²) in [5, 5.41) is 0. The lowest BCUT2D eigenvalue weighted by Gasteiger charge is -2.37. The second kappa shape index (κ2) is 7.37. The Hall–Kier alpha value is -0.920. The lowest BCUT2D eigenvalue weighted by atomic mass is 9.91. The molecule has 0 aromatic heterocycles. The number of hydrogen-bond donors (Lipinski definition) is 0. The highest BCUT2D eigenvalue weighted by Gasteiger charge is 2.42. The first-order valence-electron chi connectivity index (χ1n) is 8.85. The monoisotopic (exact) mass is 428 g/mol. The Kier molecular flexibility index (Phi) is 5.56. The van der Waals surface area contributed by atoms with Gasteiger partial charge in [-0.05, 0) is 55.4 Å². The summed E-state index contributed by atoms with van der Waals surface area (Å²) in [6, 6.07) is 6.04. The van der Waals surface area contributed by atoms with Crippen LogP contribution in [0.5, 0.6) is 0 Å². The highest BCUT2D eigenvalue weighted by Crippen LogP contribution is 2.30. The van der Waals surface area contributed by atoms with E-state index in [0.29, 0.717) is 24.8 Å². The lowest BCUT2D eigenvalue weighted by molar-refractivity contribution is -0.137. The van der Waals surface area contributed by atoms with Crippen LogP contribution in [0.25, 0.3) is 0 Å². The molecule has 0 spiro atoms. The van der Waals surface area contributed by atoms with Crippen molar-refractivity contribution in [2.45, 2.75) is 44.0 Å². The number of carbonyl (C=O) groups excluding carboxylic acids is 1. The standard InChI is InChI=1S/C18H25BrN2O3S/c1-13-10-14(2)12-20(11-13)18(22)17-4-3-9-21(17)25(23,24)16-7-5-15(19)6-8-16/h5-8,13-14,17H,3-4,9-12H2,1-2H3/t13-,14+,17-/m0/s1. The number of piperidine rings is 1. The summed E-state index contributed by atoms with van der Waals surface area (Å²) >= 11 is 3.32. The first kappa shape index (κ1) is 18.9. The highest BCUT2D eigenvalue weighted by atomic mass is 79.9. The Morgan fingerprint density at radius 3 is 2.32 bits per heavy atom. The molecule has 2 aliphatic rings. The average molecular weight is 429 g/mol. The molecule has 2 heterocycles. The molecule has 7 heteroatoms. The van der Waals surface area contributed by atoms with Gasteiger partial charge < -0.3 is 4.90 Å². The maximum atomic E-state index is 13.0. The van der Waals surface area contributed by atoms with E-state index < -0.39 is 16.1 Å². The molecule has 0 saturated carbocycles. The molecule has 0 bridgehead atoms. The number of amides is 1. The van der Waals surface area contributed by atoms with Crippen molar-refractivity contribution in [3.63, 3.8) is 0 Å². The van der Waals surface area contributed by atoms with Gasteiger partial charge in [0.1, 0.15) is 6.04 Å². The minimum absolute atomic E-state index is 0.0309. The molecule has 2 aliphatic heterocycles. The number of carbonyl (C=O) groups is 1. The van der Waals surface area contributed by atoms with Crippen LogP contribution in [0.1, 0.15) is 33.1 Å². The molecule has 2 fully saturated rings. The average Bonchev–Trinajstić information content (AvgIpc) is 3.04. The zero-order chi connectivity index (χ0) is 18.2. The first-order chi connectivity index (χ1) is 11.8. The van der Waals surface area contributed by atoms with Gasteiger partial charge in [-0.25, -0.2) is 8.42 Å². The van der Waals surface area contributed by atoms with E-state index in [0.717, 1.165) is 30.4 Å². The number of rotatable bonds is 3. The van der Waals surface area contributed by atoms with Crippen LogP contribution < -0.4 is 0 Å². The normalized spacial score (nSPS) is 28.3. The summed E-state index contributed by atoms with van der Waals surface area (Å²) in [4.78, 5) is 15.2. The molecular formula is C18H25BrN2O3S. The van der Waals surface area contributed by atoms with E-state index in [1.165, 1.54) is 4.31 Å². The Morgan fingerprint density at radius 1 is 1.12 bits per heavy atom. The largest absolute Gasteiger partial charge is 0.341 e. The van der Waals surface area contributed by atoms with Crippen LogP contribution in [0.4, 0.5) is 0 Å². The van der Waals surface area contributed by atoms with E-state index >= 15 is 0 Å². The fourth-order valence-electron chi connectivity index (χ4n) is 4.07. The second-order valence-corrected chi connectivity index (χ2v) is 10.2. The van der Waals surface area contributed by atoms with Gasteiger partial charge in [0.2, 0.25) is 15.9 Å². The summed E-state index contributed by atoms with van der Waals surface area (Å²) in [7, 11) is -3.65. The second-order valence-electron chi connectivity index (χ2n) is 7.42. The number of benzene rings is 1. The van der Waals surface area contributed by atoms with Gasteiger partial charge in [-0.15, -0.1) is 0 Å². The van der Waals surface area contributed by atoms with Gasteiger partial charge in [-0.3, -0.25) is 4.79 Å². The van der Waals surface area contributed by atoms with Crippen LogP contribution in [0.3, 0.4) is 0 Å². The highest BCUT2D eigenvalue weighted by molar-refractivity contribution is 9.10. The van der Waals surface area contributed by atoms with Gasteiger partial charge in [0.15, 0.2) is 0 Å². The van der Waals surface area contributed by atoms with Crippen molar-refractivity contribution in [2.75, 3.05) is 19.6 Å². The third-order valence-corrected chi connectivity index (χ3v) is 7.54. The fourth-order valence-corrected chi connectivity index (χ4v) is 5.99. The van der Waals surface area contributed by atoms with Gasteiger partial charge in [0.25, 0.3) is 0 Å². The molecule has 0 unspecified atom stereocenters. The van der Waals surface area contributed by atoms with E-state index in [9.17, 15) is 13.2 Å². The molecule has 2 saturated heterocycles. The molecule has 1 aromatic rings. The number of sulfonamides is 1. The zero-order valence-electron chi connectivity index (χ0n) is 14.7. The van der Waals surface area contributed by atoms with Crippen LogP contribution in [0.15, 0.2) is 33.6 Å². The van der Waals surface area contributed by atoms with Gasteiger partial charge in [-0.2, -0.15) is 4.31 Å². The summed E-state index contributed by atoms with van der Waals surface area (Å²) in [5.41, 5.74) is 0. The van der Waals surface area contributed by atoms with E-state index in [4.69, 9.17) is 0 Å². The Balaban J connectivity index is 1.82. The molecule has 0 N–H and O–H groups in total. The van der Waals surface area contributed by atoms with E-state index in [2.05, 4.69) is 29.8 Å². The van der Waals surface area contributed by atoms with Crippen molar-refractivity contribution in [1.29, 1.82) is 0 Å². The SMILES string of the molecule is C[C@@H]1C[C@H](C)CN(C(=O)[C@@H]2CCCN2S(=O)(=O)c2ccc(Br)cc2)C1. The van der Waals surface area contributed by atoms with E-state index in [1.54, 1.807) is 24.3 Å². The maximum absolute atomic E-state index is 13.0. The van der Waals surface area contributed by atoms with Gasteiger partial charge in [0, 0.05) is 24.1 Å². The van der Waals surface area contributed by atoms with Crippen molar-refractivity contribution < 1.29 is 13.2 Å². The topological polar surface area (TPSA) is 57.7 Å². The molecular weight excluding hydrogens is 404 g/mol. The van der Waals surface area contributed by atoms with Gasteiger partial charge in [0.05, 0.1) is 4.90 Å². The van der Waals surface area contributed by atoms with Crippen molar-refractivity contribution >= 4 is 31.9 Å². The summed E-state index contributed by atoms with van der Waals surface area (Å²) in [5.74, 6) is 0.896. The van der Waals surface area contributed by atoms with Crippen LogP contribution in [0.2, 0.25) is 0 Å². The van der Waals surface area contributed by atoms with Gasteiger partial charge >= 0.3 is 0 Å². The molecule has 3 rings (SSSR count). The number of likely N-dealkylation sites (tertiary alicyclic amines) is 1. The first-order valence-corrected chi connectivity index (χ1v) is 11.1. The van der Waals surface area contributed by atoms with Crippen LogP contribution in [0, 0.1) is 11.8 Å². The molecule has 1 amide bonds. The van der Waals surface area contributed by atoms with E-state index in [1.807, 2.05) is 4.90 Å².